The van der Waals surface area contributed by atoms with Gasteiger partial charge in [-0.05, 0) is 65.1 Å². The molecular formula is C19H11ClO2. The average molecular weight is 307 g/mol. The Kier molecular flexibility index (Phi) is 2.36. The first kappa shape index (κ1) is 12.1. The van der Waals surface area contributed by atoms with Crippen molar-refractivity contribution in [3.05, 3.63) is 70.7 Å². The number of benzene rings is 3. The second-order valence-electron chi connectivity index (χ2n) is 5.59. The summed E-state index contributed by atoms with van der Waals surface area (Å²) < 4.78 is 12.0. The van der Waals surface area contributed by atoms with Crippen LogP contribution in [0, 0.1) is 0 Å². The highest BCUT2D eigenvalue weighted by atomic mass is 35.5. The zero-order chi connectivity index (χ0) is 14.7. The molecule has 3 aromatic carbocycles. The smallest absolute Gasteiger partial charge is 0.170 e. The van der Waals surface area contributed by atoms with Crippen molar-refractivity contribution in [1.82, 2.24) is 0 Å². The van der Waals surface area contributed by atoms with Gasteiger partial charge in [0.05, 0.1) is 0 Å². The molecule has 0 atom stereocenters. The molecular weight excluding hydrogens is 296 g/mol. The lowest BCUT2D eigenvalue weighted by molar-refractivity contribution is 0.359. The van der Waals surface area contributed by atoms with Crippen LogP contribution in [0.3, 0.4) is 0 Å². The van der Waals surface area contributed by atoms with Crippen molar-refractivity contribution >= 4 is 11.6 Å². The molecule has 1 aliphatic carbocycles. The van der Waals surface area contributed by atoms with Gasteiger partial charge in [0, 0.05) is 5.02 Å². The first-order valence-corrected chi connectivity index (χ1v) is 7.56. The summed E-state index contributed by atoms with van der Waals surface area (Å²) in [5.74, 6) is 3.04. The molecule has 0 radical (unpaired) electrons. The van der Waals surface area contributed by atoms with Crippen molar-refractivity contribution in [3.63, 3.8) is 0 Å². The van der Waals surface area contributed by atoms with E-state index >= 15 is 0 Å². The maximum absolute atomic E-state index is 6.14. The van der Waals surface area contributed by atoms with Crippen LogP contribution in [-0.4, -0.2) is 0 Å². The van der Waals surface area contributed by atoms with Crippen LogP contribution in [0.4, 0.5) is 0 Å². The number of halogens is 1. The Hall–Kier alpha value is -2.45. The first-order chi connectivity index (χ1) is 10.8. The van der Waals surface area contributed by atoms with Crippen molar-refractivity contribution in [2.75, 3.05) is 0 Å². The van der Waals surface area contributed by atoms with Crippen LogP contribution in [0.5, 0.6) is 23.0 Å². The van der Waals surface area contributed by atoms with Crippen LogP contribution in [0.1, 0.15) is 11.1 Å². The molecule has 0 saturated heterocycles. The summed E-state index contributed by atoms with van der Waals surface area (Å²) in [6, 6.07) is 17.9. The highest BCUT2D eigenvalue weighted by molar-refractivity contribution is 6.31. The largest absolute Gasteiger partial charge is 0.450 e. The van der Waals surface area contributed by atoms with Gasteiger partial charge in [-0.1, -0.05) is 29.8 Å². The lowest BCUT2D eigenvalue weighted by Gasteiger charge is -2.21. The lowest BCUT2D eigenvalue weighted by Crippen LogP contribution is -1.99. The molecule has 22 heavy (non-hydrogen) atoms. The van der Waals surface area contributed by atoms with Gasteiger partial charge in [-0.2, -0.15) is 0 Å². The average Bonchev–Trinajstić information content (AvgIpc) is 2.87. The summed E-state index contributed by atoms with van der Waals surface area (Å²) >= 11 is 6.14. The Morgan fingerprint density at radius 2 is 1.36 bits per heavy atom. The van der Waals surface area contributed by atoms with Gasteiger partial charge < -0.3 is 9.47 Å². The van der Waals surface area contributed by atoms with E-state index in [4.69, 9.17) is 21.1 Å². The standard InChI is InChI=1S/C19H11ClO2/c20-13-6-5-11-7-12-8-18-19(10-15(12)14(11)9-13)22-17-4-2-1-3-16(17)21-18/h1-6,8-10H,7H2. The van der Waals surface area contributed by atoms with E-state index in [-0.39, 0.29) is 0 Å². The Bertz CT molecular complexity index is 931. The number of fused-ring (bicyclic) bond motifs is 5. The van der Waals surface area contributed by atoms with Gasteiger partial charge in [0.2, 0.25) is 0 Å². The van der Waals surface area contributed by atoms with E-state index < -0.39 is 0 Å². The molecule has 2 nitrogen and oxygen atoms in total. The van der Waals surface area contributed by atoms with E-state index in [1.807, 2.05) is 36.4 Å². The minimum Gasteiger partial charge on any atom is -0.450 e. The molecule has 0 N–H and O–H groups in total. The number of ether oxygens (including phenoxy) is 2. The van der Waals surface area contributed by atoms with Crippen LogP contribution in [0.25, 0.3) is 11.1 Å². The minimum absolute atomic E-state index is 0.749. The van der Waals surface area contributed by atoms with Crippen molar-refractivity contribution in [2.24, 2.45) is 0 Å². The third-order valence-corrected chi connectivity index (χ3v) is 4.44. The second-order valence-corrected chi connectivity index (χ2v) is 6.02. The Morgan fingerprint density at radius 3 is 2.14 bits per heavy atom. The summed E-state index contributed by atoms with van der Waals surface area (Å²) in [4.78, 5) is 0. The van der Waals surface area contributed by atoms with Crippen LogP contribution in [-0.2, 0) is 6.42 Å². The maximum Gasteiger partial charge on any atom is 0.170 e. The SMILES string of the molecule is Clc1ccc2c(c1)-c1cc3c(cc1C2)Oc1ccccc1O3. The van der Waals surface area contributed by atoms with Gasteiger partial charge in [-0.25, -0.2) is 0 Å². The maximum atomic E-state index is 6.14. The number of para-hydroxylation sites is 2. The van der Waals surface area contributed by atoms with Gasteiger partial charge in [0.1, 0.15) is 0 Å². The molecule has 0 amide bonds. The van der Waals surface area contributed by atoms with E-state index in [0.717, 1.165) is 34.4 Å². The Balaban J connectivity index is 1.67. The quantitative estimate of drug-likeness (QED) is 0.359. The summed E-state index contributed by atoms with van der Waals surface area (Å²) in [5.41, 5.74) is 4.91. The summed E-state index contributed by atoms with van der Waals surface area (Å²) in [7, 11) is 0. The van der Waals surface area contributed by atoms with Crippen LogP contribution < -0.4 is 9.47 Å². The van der Waals surface area contributed by atoms with Gasteiger partial charge in [-0.15, -0.1) is 0 Å². The molecule has 0 aromatic heterocycles. The van der Waals surface area contributed by atoms with Crippen molar-refractivity contribution in [3.8, 4) is 34.1 Å². The monoisotopic (exact) mass is 306 g/mol. The van der Waals surface area contributed by atoms with E-state index in [9.17, 15) is 0 Å². The Labute approximate surface area is 132 Å². The fourth-order valence-electron chi connectivity index (χ4n) is 3.17. The molecule has 0 saturated carbocycles. The normalized spacial score (nSPS) is 13.3. The molecule has 3 aromatic rings. The zero-order valence-electron chi connectivity index (χ0n) is 11.6. The number of rotatable bonds is 0. The third kappa shape index (κ3) is 1.68. The van der Waals surface area contributed by atoms with Gasteiger partial charge in [0.25, 0.3) is 0 Å². The molecule has 0 fully saturated rings. The lowest BCUT2D eigenvalue weighted by atomic mass is 10.0. The summed E-state index contributed by atoms with van der Waals surface area (Å²) in [6.45, 7) is 0. The minimum atomic E-state index is 0.749. The highest BCUT2D eigenvalue weighted by Gasteiger charge is 2.25. The van der Waals surface area contributed by atoms with E-state index in [1.165, 1.54) is 22.3 Å². The van der Waals surface area contributed by atoms with Crippen LogP contribution in [0.15, 0.2) is 54.6 Å². The molecule has 0 spiro atoms. The molecule has 1 heterocycles. The van der Waals surface area contributed by atoms with Crippen LogP contribution in [0.2, 0.25) is 5.02 Å². The van der Waals surface area contributed by atoms with Crippen LogP contribution >= 0.6 is 11.6 Å². The van der Waals surface area contributed by atoms with Gasteiger partial charge >= 0.3 is 0 Å². The fourth-order valence-corrected chi connectivity index (χ4v) is 3.35. The van der Waals surface area contributed by atoms with Crippen molar-refractivity contribution < 1.29 is 9.47 Å². The molecule has 3 heteroatoms. The molecule has 1 aliphatic heterocycles. The fraction of sp³-hybridized carbons (Fsp3) is 0.0526. The molecule has 0 unspecified atom stereocenters. The Morgan fingerprint density at radius 1 is 0.682 bits per heavy atom. The topological polar surface area (TPSA) is 18.5 Å². The van der Waals surface area contributed by atoms with E-state index in [0.29, 0.717) is 0 Å². The van der Waals surface area contributed by atoms with Crippen molar-refractivity contribution in [2.45, 2.75) is 6.42 Å². The second kappa shape index (κ2) is 4.28. The predicted octanol–water partition coefficient (Wildman–Crippen LogP) is 5.81. The molecule has 5 rings (SSSR count). The van der Waals surface area contributed by atoms with E-state index in [1.54, 1.807) is 0 Å². The predicted molar refractivity (Wildman–Crippen MR) is 86.3 cm³/mol. The van der Waals surface area contributed by atoms with Gasteiger partial charge in [0.15, 0.2) is 23.0 Å². The van der Waals surface area contributed by atoms with Crippen molar-refractivity contribution in [1.29, 1.82) is 0 Å². The zero-order valence-corrected chi connectivity index (χ0v) is 12.4. The molecule has 2 aliphatic rings. The molecule has 0 bridgehead atoms. The number of hydrogen-bond acceptors (Lipinski definition) is 2. The molecule has 106 valence electrons. The highest BCUT2D eigenvalue weighted by Crippen LogP contribution is 2.50. The summed E-state index contributed by atoms with van der Waals surface area (Å²) in [6.07, 6.45) is 0.903. The first-order valence-electron chi connectivity index (χ1n) is 7.18. The number of hydrogen-bond donors (Lipinski definition) is 0. The van der Waals surface area contributed by atoms with Gasteiger partial charge in [-0.3, -0.25) is 0 Å². The third-order valence-electron chi connectivity index (χ3n) is 4.20. The van der Waals surface area contributed by atoms with E-state index in [2.05, 4.69) is 18.2 Å². The summed E-state index contributed by atoms with van der Waals surface area (Å²) in [5, 5.41) is 0.756.